The van der Waals surface area contributed by atoms with Gasteiger partial charge in [-0.15, -0.1) is 6.42 Å². The Hall–Kier alpha value is -1.64. The molecule has 0 N–H and O–H groups in total. The molecular weight excluding hydrogens is 196 g/mol. The summed E-state index contributed by atoms with van der Waals surface area (Å²) in [7, 11) is 1.83. The summed E-state index contributed by atoms with van der Waals surface area (Å²) in [4.78, 5) is 1.81. The maximum Gasteiger partial charge on any atom is 0.103 e. The summed E-state index contributed by atoms with van der Waals surface area (Å²) < 4.78 is 0. The standard InChI is InChI=1S/C11H9ClN2/c1-3-7-14(2)11-6-4-5-10(12)9(11)8-13/h1,4-6H,7H2,2H3. The molecule has 0 aliphatic heterocycles. The van der Waals surface area contributed by atoms with Gasteiger partial charge in [0.15, 0.2) is 0 Å². The van der Waals surface area contributed by atoms with Gasteiger partial charge < -0.3 is 4.90 Å². The van der Waals surface area contributed by atoms with Gasteiger partial charge in [0.05, 0.1) is 22.8 Å². The van der Waals surface area contributed by atoms with Crippen molar-refractivity contribution in [2.24, 2.45) is 0 Å². The lowest BCUT2D eigenvalue weighted by atomic mass is 10.2. The van der Waals surface area contributed by atoms with Gasteiger partial charge in [0.2, 0.25) is 0 Å². The smallest absolute Gasteiger partial charge is 0.103 e. The number of benzene rings is 1. The molecule has 0 saturated heterocycles. The minimum atomic E-state index is 0.453. The van der Waals surface area contributed by atoms with Crippen molar-refractivity contribution in [1.82, 2.24) is 0 Å². The molecule has 0 radical (unpaired) electrons. The fourth-order valence-corrected chi connectivity index (χ4v) is 1.38. The minimum absolute atomic E-state index is 0.453. The van der Waals surface area contributed by atoms with Crippen molar-refractivity contribution in [3.05, 3.63) is 28.8 Å². The minimum Gasteiger partial charge on any atom is -0.362 e. The second kappa shape index (κ2) is 4.56. The fraction of sp³-hybridized carbons (Fsp3) is 0.182. The highest BCUT2D eigenvalue weighted by atomic mass is 35.5. The average molecular weight is 205 g/mol. The van der Waals surface area contributed by atoms with Crippen molar-refractivity contribution >= 4 is 17.3 Å². The summed E-state index contributed by atoms with van der Waals surface area (Å²) in [5, 5.41) is 9.36. The van der Waals surface area contributed by atoms with Crippen LogP contribution in [0, 0.1) is 23.7 Å². The van der Waals surface area contributed by atoms with Crippen molar-refractivity contribution in [3.63, 3.8) is 0 Å². The molecule has 0 fully saturated rings. The molecular formula is C11H9ClN2. The lowest BCUT2D eigenvalue weighted by molar-refractivity contribution is 1.05. The van der Waals surface area contributed by atoms with Crippen LogP contribution in [0.15, 0.2) is 18.2 Å². The van der Waals surface area contributed by atoms with E-state index in [4.69, 9.17) is 23.3 Å². The molecule has 0 spiro atoms. The second-order valence-electron chi connectivity index (χ2n) is 2.81. The maximum atomic E-state index is 8.90. The van der Waals surface area contributed by atoms with Crippen LogP contribution >= 0.6 is 11.6 Å². The quantitative estimate of drug-likeness (QED) is 0.692. The Morgan fingerprint density at radius 2 is 2.29 bits per heavy atom. The Morgan fingerprint density at radius 1 is 1.57 bits per heavy atom. The van der Waals surface area contributed by atoms with E-state index in [1.54, 1.807) is 12.1 Å². The van der Waals surface area contributed by atoms with Gasteiger partial charge in [-0.1, -0.05) is 23.6 Å². The molecule has 0 aliphatic carbocycles. The number of halogens is 1. The third-order valence-corrected chi connectivity index (χ3v) is 2.16. The molecule has 0 aromatic heterocycles. The van der Waals surface area contributed by atoms with Crippen LogP contribution in [0.25, 0.3) is 0 Å². The number of rotatable bonds is 2. The van der Waals surface area contributed by atoms with E-state index in [0.29, 0.717) is 17.1 Å². The van der Waals surface area contributed by atoms with E-state index < -0.39 is 0 Å². The predicted molar refractivity (Wildman–Crippen MR) is 58.3 cm³/mol. The number of anilines is 1. The Balaban J connectivity index is 3.16. The first-order valence-electron chi connectivity index (χ1n) is 4.04. The predicted octanol–water partition coefficient (Wildman–Crippen LogP) is 2.28. The lowest BCUT2D eigenvalue weighted by Gasteiger charge is -2.17. The van der Waals surface area contributed by atoms with Gasteiger partial charge in [0, 0.05) is 7.05 Å². The van der Waals surface area contributed by atoms with Crippen molar-refractivity contribution in [3.8, 4) is 18.4 Å². The van der Waals surface area contributed by atoms with Gasteiger partial charge in [-0.2, -0.15) is 5.26 Å². The summed E-state index contributed by atoms with van der Waals surface area (Å²) in [5.41, 5.74) is 1.23. The summed E-state index contributed by atoms with van der Waals surface area (Å²) in [6, 6.07) is 7.37. The highest BCUT2D eigenvalue weighted by molar-refractivity contribution is 6.32. The number of hydrogen-bond donors (Lipinski definition) is 0. The zero-order chi connectivity index (χ0) is 10.6. The SMILES string of the molecule is C#CCN(C)c1cccc(Cl)c1C#N. The van der Waals surface area contributed by atoms with Gasteiger partial charge in [-0.25, -0.2) is 0 Å². The molecule has 0 unspecified atom stereocenters. The van der Waals surface area contributed by atoms with Crippen LogP contribution in [0.5, 0.6) is 0 Å². The molecule has 70 valence electrons. The maximum absolute atomic E-state index is 8.90. The van der Waals surface area contributed by atoms with E-state index in [1.165, 1.54) is 0 Å². The first kappa shape index (κ1) is 10.4. The van der Waals surface area contributed by atoms with Crippen LogP contribution < -0.4 is 4.90 Å². The number of terminal acetylenes is 1. The Kier molecular flexibility index (Phi) is 3.40. The molecule has 1 rings (SSSR count). The highest BCUT2D eigenvalue weighted by Crippen LogP contribution is 2.25. The Bertz CT molecular complexity index is 412. The largest absolute Gasteiger partial charge is 0.362 e. The van der Waals surface area contributed by atoms with Gasteiger partial charge in [0.1, 0.15) is 6.07 Å². The van der Waals surface area contributed by atoms with E-state index in [0.717, 1.165) is 5.69 Å². The van der Waals surface area contributed by atoms with E-state index in [1.807, 2.05) is 18.0 Å². The van der Waals surface area contributed by atoms with Gasteiger partial charge in [-0.3, -0.25) is 0 Å². The average Bonchev–Trinajstić information content (AvgIpc) is 2.17. The number of hydrogen-bond acceptors (Lipinski definition) is 2. The molecule has 1 aromatic carbocycles. The molecule has 0 aliphatic rings. The van der Waals surface area contributed by atoms with Crippen molar-refractivity contribution in [2.75, 3.05) is 18.5 Å². The normalized spacial score (nSPS) is 8.86. The Morgan fingerprint density at radius 3 is 2.86 bits per heavy atom. The second-order valence-corrected chi connectivity index (χ2v) is 3.21. The number of nitriles is 1. The van der Waals surface area contributed by atoms with Gasteiger partial charge in [-0.05, 0) is 12.1 Å². The van der Waals surface area contributed by atoms with Crippen LogP contribution in [-0.2, 0) is 0 Å². The summed E-state index contributed by atoms with van der Waals surface area (Å²) >= 11 is 5.87. The fourth-order valence-electron chi connectivity index (χ4n) is 1.16. The topological polar surface area (TPSA) is 27.0 Å². The van der Waals surface area contributed by atoms with E-state index >= 15 is 0 Å². The zero-order valence-electron chi connectivity index (χ0n) is 7.79. The van der Waals surface area contributed by atoms with Crippen molar-refractivity contribution in [2.45, 2.75) is 0 Å². The molecule has 3 heteroatoms. The monoisotopic (exact) mass is 204 g/mol. The van der Waals surface area contributed by atoms with Crippen LogP contribution in [0.3, 0.4) is 0 Å². The van der Waals surface area contributed by atoms with Crippen molar-refractivity contribution in [1.29, 1.82) is 5.26 Å². The number of nitrogens with zero attached hydrogens (tertiary/aromatic N) is 2. The highest BCUT2D eigenvalue weighted by Gasteiger charge is 2.08. The molecule has 0 atom stereocenters. The molecule has 2 nitrogen and oxygen atoms in total. The Labute approximate surface area is 88.7 Å². The van der Waals surface area contributed by atoms with E-state index in [9.17, 15) is 0 Å². The van der Waals surface area contributed by atoms with Gasteiger partial charge in [0.25, 0.3) is 0 Å². The van der Waals surface area contributed by atoms with Crippen LogP contribution in [-0.4, -0.2) is 13.6 Å². The first-order valence-corrected chi connectivity index (χ1v) is 4.41. The molecule has 0 heterocycles. The van der Waals surface area contributed by atoms with E-state index in [-0.39, 0.29) is 0 Å². The van der Waals surface area contributed by atoms with Crippen LogP contribution in [0.1, 0.15) is 5.56 Å². The molecule has 0 amide bonds. The zero-order valence-corrected chi connectivity index (χ0v) is 8.54. The molecule has 1 aromatic rings. The molecule has 0 saturated carbocycles. The van der Waals surface area contributed by atoms with Gasteiger partial charge >= 0.3 is 0 Å². The summed E-state index contributed by atoms with van der Waals surface area (Å²) in [5.74, 6) is 2.51. The lowest BCUT2D eigenvalue weighted by Crippen LogP contribution is -2.18. The summed E-state index contributed by atoms with van der Waals surface area (Å²) in [6.45, 7) is 0.453. The third kappa shape index (κ3) is 1.99. The van der Waals surface area contributed by atoms with Crippen LogP contribution in [0.2, 0.25) is 5.02 Å². The third-order valence-electron chi connectivity index (χ3n) is 1.84. The molecule has 14 heavy (non-hydrogen) atoms. The van der Waals surface area contributed by atoms with Crippen LogP contribution in [0.4, 0.5) is 5.69 Å². The summed E-state index contributed by atoms with van der Waals surface area (Å²) in [6.07, 6.45) is 5.19. The van der Waals surface area contributed by atoms with Crippen molar-refractivity contribution < 1.29 is 0 Å². The first-order chi connectivity index (χ1) is 6.70. The molecule has 0 bridgehead atoms. The van der Waals surface area contributed by atoms with E-state index in [2.05, 4.69) is 12.0 Å².